The van der Waals surface area contributed by atoms with E-state index in [9.17, 15) is 0 Å². The van der Waals surface area contributed by atoms with Crippen LogP contribution in [0.5, 0.6) is 0 Å². The minimum absolute atomic E-state index is 0.502. The fourth-order valence-corrected chi connectivity index (χ4v) is 3.12. The molecule has 0 saturated heterocycles. The van der Waals surface area contributed by atoms with Crippen LogP contribution in [0, 0.1) is 18.3 Å². The fourth-order valence-electron chi connectivity index (χ4n) is 3.12. The molecule has 1 aromatic carbocycles. The summed E-state index contributed by atoms with van der Waals surface area (Å²) in [5, 5.41) is 0. The molecule has 0 N–H and O–H groups in total. The predicted molar refractivity (Wildman–Crippen MR) is 80.0 cm³/mol. The Morgan fingerprint density at radius 2 is 1.72 bits per heavy atom. The lowest BCUT2D eigenvalue weighted by molar-refractivity contribution is 0.322. The molecule has 1 saturated carbocycles. The summed E-state index contributed by atoms with van der Waals surface area (Å²) in [4.78, 5) is 0. The van der Waals surface area contributed by atoms with Gasteiger partial charge in [-0.25, -0.2) is 0 Å². The molecule has 2 atom stereocenters. The van der Waals surface area contributed by atoms with Gasteiger partial charge in [0, 0.05) is 0 Å². The molecule has 1 aliphatic carbocycles. The van der Waals surface area contributed by atoms with E-state index < -0.39 is 0 Å². The van der Waals surface area contributed by atoms with E-state index in [-0.39, 0.29) is 0 Å². The normalized spacial score (nSPS) is 24.4. The molecule has 0 aromatic heterocycles. The first-order chi connectivity index (χ1) is 8.44. The van der Waals surface area contributed by atoms with Crippen LogP contribution in [-0.4, -0.2) is 0 Å². The van der Waals surface area contributed by atoms with E-state index in [0.29, 0.717) is 5.41 Å². The van der Waals surface area contributed by atoms with Crippen molar-refractivity contribution >= 4 is 0 Å². The topological polar surface area (TPSA) is 0 Å². The molecule has 0 heteroatoms. The van der Waals surface area contributed by atoms with Gasteiger partial charge in [0.1, 0.15) is 0 Å². The highest BCUT2D eigenvalue weighted by Crippen LogP contribution is 2.41. The van der Waals surface area contributed by atoms with E-state index in [4.69, 9.17) is 0 Å². The molecule has 0 radical (unpaired) electrons. The summed E-state index contributed by atoms with van der Waals surface area (Å²) in [6.07, 6.45) is 7.05. The zero-order valence-corrected chi connectivity index (χ0v) is 12.5. The second-order valence-corrected chi connectivity index (χ2v) is 7.39. The summed E-state index contributed by atoms with van der Waals surface area (Å²) in [6.45, 7) is 9.25. The summed E-state index contributed by atoms with van der Waals surface area (Å²) in [6, 6.07) is 9.20. The zero-order valence-electron chi connectivity index (χ0n) is 12.5. The Bertz CT molecular complexity index is 366. The van der Waals surface area contributed by atoms with Crippen molar-refractivity contribution in [2.75, 3.05) is 0 Å². The summed E-state index contributed by atoms with van der Waals surface area (Å²) in [5.41, 5.74) is 3.45. The number of hydrogen-bond acceptors (Lipinski definition) is 0. The molecule has 0 nitrogen and oxygen atoms in total. The van der Waals surface area contributed by atoms with Gasteiger partial charge in [-0.15, -0.1) is 0 Å². The van der Waals surface area contributed by atoms with Crippen LogP contribution >= 0.6 is 0 Å². The molecule has 1 unspecified atom stereocenters. The van der Waals surface area contributed by atoms with Crippen molar-refractivity contribution in [2.45, 2.75) is 65.7 Å². The monoisotopic (exact) mass is 244 g/mol. The maximum absolute atomic E-state index is 2.36. The molecule has 1 aromatic rings. The van der Waals surface area contributed by atoms with Crippen LogP contribution < -0.4 is 0 Å². The number of rotatable bonds is 3. The average molecular weight is 244 g/mol. The van der Waals surface area contributed by atoms with Gasteiger partial charge in [0.15, 0.2) is 0 Å². The first-order valence-corrected chi connectivity index (χ1v) is 7.50. The van der Waals surface area contributed by atoms with Gasteiger partial charge in [0.2, 0.25) is 0 Å². The fraction of sp³-hybridized carbons (Fsp3) is 0.667. The van der Waals surface area contributed by atoms with Gasteiger partial charge in [-0.3, -0.25) is 0 Å². The lowest BCUT2D eigenvalue weighted by Crippen LogP contribution is -2.07. The van der Waals surface area contributed by atoms with Gasteiger partial charge in [-0.1, -0.05) is 50.6 Å². The van der Waals surface area contributed by atoms with E-state index in [1.807, 2.05) is 0 Å². The molecule has 0 heterocycles. The minimum atomic E-state index is 0.502. The van der Waals surface area contributed by atoms with Gasteiger partial charge in [-0.05, 0) is 61.8 Å². The largest absolute Gasteiger partial charge is 0.0602 e. The SMILES string of the molecule is Cc1ccc([C@H]2CCC(CCC(C)(C)C)C2)cc1. The van der Waals surface area contributed by atoms with E-state index in [1.54, 1.807) is 5.56 Å². The van der Waals surface area contributed by atoms with Gasteiger partial charge < -0.3 is 0 Å². The maximum Gasteiger partial charge on any atom is -0.0159 e. The molecule has 0 spiro atoms. The Balaban J connectivity index is 1.86. The molecule has 18 heavy (non-hydrogen) atoms. The summed E-state index contributed by atoms with van der Waals surface area (Å²) in [7, 11) is 0. The smallest absolute Gasteiger partial charge is 0.0159 e. The van der Waals surface area contributed by atoms with Crippen LogP contribution in [0.1, 0.15) is 69.9 Å². The van der Waals surface area contributed by atoms with Crippen LogP contribution in [0.2, 0.25) is 0 Å². The third kappa shape index (κ3) is 3.86. The Hall–Kier alpha value is -0.780. The average Bonchev–Trinajstić information content (AvgIpc) is 2.75. The van der Waals surface area contributed by atoms with Gasteiger partial charge >= 0.3 is 0 Å². The summed E-state index contributed by atoms with van der Waals surface area (Å²) in [5.74, 6) is 1.80. The number of benzene rings is 1. The number of aryl methyl sites for hydroxylation is 1. The van der Waals surface area contributed by atoms with Crippen LogP contribution in [0.3, 0.4) is 0 Å². The van der Waals surface area contributed by atoms with E-state index in [2.05, 4.69) is 52.0 Å². The zero-order chi connectivity index (χ0) is 13.2. The second kappa shape index (κ2) is 5.47. The molecule has 0 amide bonds. The Kier molecular flexibility index (Phi) is 4.14. The highest BCUT2D eigenvalue weighted by atomic mass is 14.3. The standard InChI is InChI=1S/C18H28/c1-14-5-8-16(9-6-14)17-10-7-15(13-17)11-12-18(2,3)4/h5-6,8-9,15,17H,7,10-13H2,1-4H3/t15?,17-/m0/s1. The molecular formula is C18H28. The third-order valence-electron chi connectivity index (χ3n) is 4.39. The Labute approximate surface area is 113 Å². The highest BCUT2D eigenvalue weighted by molar-refractivity contribution is 5.25. The maximum atomic E-state index is 2.36. The summed E-state index contributed by atoms with van der Waals surface area (Å²) >= 11 is 0. The van der Waals surface area contributed by atoms with Crippen LogP contribution in [0.25, 0.3) is 0 Å². The second-order valence-electron chi connectivity index (χ2n) is 7.39. The van der Waals surface area contributed by atoms with Crippen molar-refractivity contribution in [1.29, 1.82) is 0 Å². The predicted octanol–water partition coefficient (Wildman–Crippen LogP) is 5.71. The van der Waals surface area contributed by atoms with Crippen LogP contribution in [-0.2, 0) is 0 Å². The highest BCUT2D eigenvalue weighted by Gasteiger charge is 2.26. The molecule has 1 fully saturated rings. The molecule has 0 bridgehead atoms. The number of hydrogen-bond donors (Lipinski definition) is 0. The van der Waals surface area contributed by atoms with Crippen molar-refractivity contribution < 1.29 is 0 Å². The van der Waals surface area contributed by atoms with Crippen LogP contribution in [0.4, 0.5) is 0 Å². The van der Waals surface area contributed by atoms with Crippen molar-refractivity contribution in [2.24, 2.45) is 11.3 Å². The lowest BCUT2D eigenvalue weighted by Gasteiger charge is -2.20. The Morgan fingerprint density at radius 1 is 1.06 bits per heavy atom. The molecular weight excluding hydrogens is 216 g/mol. The van der Waals surface area contributed by atoms with Crippen LogP contribution in [0.15, 0.2) is 24.3 Å². The van der Waals surface area contributed by atoms with E-state index in [0.717, 1.165) is 11.8 Å². The van der Waals surface area contributed by atoms with Gasteiger partial charge in [0.05, 0.1) is 0 Å². The van der Waals surface area contributed by atoms with Gasteiger partial charge in [0.25, 0.3) is 0 Å². The van der Waals surface area contributed by atoms with E-state index in [1.165, 1.54) is 37.7 Å². The summed E-state index contributed by atoms with van der Waals surface area (Å²) < 4.78 is 0. The first kappa shape index (κ1) is 13.6. The van der Waals surface area contributed by atoms with Crippen molar-refractivity contribution in [3.63, 3.8) is 0 Å². The van der Waals surface area contributed by atoms with Crippen molar-refractivity contribution in [3.05, 3.63) is 35.4 Å². The first-order valence-electron chi connectivity index (χ1n) is 7.50. The molecule has 0 aliphatic heterocycles. The molecule has 100 valence electrons. The molecule has 1 aliphatic rings. The molecule has 2 rings (SSSR count). The van der Waals surface area contributed by atoms with Crippen molar-refractivity contribution in [3.8, 4) is 0 Å². The lowest BCUT2D eigenvalue weighted by atomic mass is 9.85. The third-order valence-corrected chi connectivity index (χ3v) is 4.39. The Morgan fingerprint density at radius 3 is 2.33 bits per heavy atom. The van der Waals surface area contributed by atoms with Gasteiger partial charge in [-0.2, -0.15) is 0 Å². The van der Waals surface area contributed by atoms with Crippen molar-refractivity contribution in [1.82, 2.24) is 0 Å². The quantitative estimate of drug-likeness (QED) is 0.639. The minimum Gasteiger partial charge on any atom is -0.0602 e. The van der Waals surface area contributed by atoms with E-state index >= 15 is 0 Å².